The Hall–Kier alpha value is -2.06. The van der Waals surface area contributed by atoms with Gasteiger partial charge in [-0.3, -0.25) is 0 Å². The molecule has 0 atom stereocenters. The molecule has 0 saturated carbocycles. The maximum atomic E-state index is 12.2. The molecule has 2 aliphatic heterocycles. The van der Waals surface area contributed by atoms with Crippen LogP contribution in [0.25, 0.3) is 0 Å². The Morgan fingerprint density at radius 1 is 0.619 bits per heavy atom. The summed E-state index contributed by atoms with van der Waals surface area (Å²) in [6.07, 6.45) is 12.5. The molecule has 0 bridgehead atoms. The molecule has 42 heavy (non-hydrogen) atoms. The molecule has 2 aliphatic rings. The van der Waals surface area contributed by atoms with Crippen molar-refractivity contribution in [2.45, 2.75) is 155 Å². The topological polar surface area (TPSA) is 83.1 Å². The first-order valence-electron chi connectivity index (χ1n) is 15.9. The van der Waals surface area contributed by atoms with E-state index in [-0.39, 0.29) is 34.1 Å². The number of nitrogens with one attached hydrogen (secondary N) is 2. The van der Waals surface area contributed by atoms with Crippen molar-refractivity contribution in [2.24, 2.45) is 0 Å². The van der Waals surface area contributed by atoms with Crippen molar-refractivity contribution in [1.29, 1.82) is 0 Å². The van der Waals surface area contributed by atoms with Crippen molar-refractivity contribution in [3.8, 4) is 0 Å². The second-order valence-corrected chi connectivity index (χ2v) is 15.4. The molecule has 2 N–H and O–H groups in total. The van der Waals surface area contributed by atoms with Gasteiger partial charge in [-0.05, 0) is 108 Å². The number of carbonyl (C=O) groups excluding carboxylic acids is 2. The number of ether oxygens (including phenoxy) is 2. The van der Waals surface area contributed by atoms with E-state index in [1.54, 1.807) is 0 Å². The van der Waals surface area contributed by atoms with Crippen molar-refractivity contribution in [3.63, 3.8) is 0 Å². The second-order valence-electron chi connectivity index (χ2n) is 15.4. The molecule has 8 nitrogen and oxygen atoms in total. The highest BCUT2D eigenvalue weighted by Crippen LogP contribution is 2.34. The number of nitrogens with zero attached hydrogens (tertiary/aromatic N) is 2. The molecule has 0 aromatic rings. The average molecular weight is 591 g/mol. The first kappa shape index (κ1) is 36.1. The third-order valence-corrected chi connectivity index (χ3v) is 8.59. The Labute approximate surface area is 257 Å². The highest BCUT2D eigenvalue weighted by molar-refractivity contribution is 5.87. The molecule has 2 heterocycles. The Balaban J connectivity index is 2.06. The van der Waals surface area contributed by atoms with E-state index in [4.69, 9.17) is 9.47 Å². The first-order valence-corrected chi connectivity index (χ1v) is 15.9. The summed E-state index contributed by atoms with van der Waals surface area (Å²) in [4.78, 5) is 29.3. The third kappa shape index (κ3) is 11.6. The van der Waals surface area contributed by atoms with Gasteiger partial charge in [-0.15, -0.1) is 0 Å². The van der Waals surface area contributed by atoms with E-state index in [9.17, 15) is 9.59 Å². The van der Waals surface area contributed by atoms with E-state index in [1.165, 1.54) is 14.2 Å². The van der Waals surface area contributed by atoms with Crippen LogP contribution < -0.4 is 10.6 Å². The molecule has 0 radical (unpaired) electrons. The van der Waals surface area contributed by atoms with Crippen molar-refractivity contribution in [3.05, 3.63) is 23.5 Å². The molecule has 2 rings (SSSR count). The summed E-state index contributed by atoms with van der Waals surface area (Å²) < 4.78 is 10.00. The zero-order chi connectivity index (χ0) is 31.9. The molecule has 0 amide bonds. The van der Waals surface area contributed by atoms with Gasteiger partial charge >= 0.3 is 11.9 Å². The Morgan fingerprint density at radius 3 is 1.17 bits per heavy atom. The highest BCUT2D eigenvalue weighted by Gasteiger charge is 2.40. The van der Waals surface area contributed by atoms with E-state index in [0.717, 1.165) is 64.5 Å². The lowest BCUT2D eigenvalue weighted by atomic mass is 9.79. The molecule has 0 aromatic carbocycles. The van der Waals surface area contributed by atoms with Gasteiger partial charge < -0.3 is 29.9 Å². The van der Waals surface area contributed by atoms with Crippen LogP contribution in [0.15, 0.2) is 23.5 Å². The lowest BCUT2D eigenvalue weighted by molar-refractivity contribution is -0.137. The lowest BCUT2D eigenvalue weighted by Gasteiger charge is -2.50. The zero-order valence-corrected chi connectivity index (χ0v) is 28.9. The van der Waals surface area contributed by atoms with Crippen LogP contribution in [-0.4, -0.2) is 83.3 Å². The summed E-state index contributed by atoms with van der Waals surface area (Å²) in [6, 6.07) is 0.703. The Kier molecular flexibility index (Phi) is 12.6. The normalized spacial score (nSPS) is 22.4. The molecular weight excluding hydrogens is 528 g/mol. The lowest BCUT2D eigenvalue weighted by Crippen LogP contribution is -2.61. The van der Waals surface area contributed by atoms with Crippen LogP contribution >= 0.6 is 0 Å². The summed E-state index contributed by atoms with van der Waals surface area (Å²) in [5.74, 6) is -0.542. The Bertz CT molecular complexity index is 872. The van der Waals surface area contributed by atoms with Crippen LogP contribution in [0.3, 0.4) is 0 Å². The number of hydrogen-bond acceptors (Lipinski definition) is 8. The maximum Gasteiger partial charge on any atom is 0.334 e. The highest BCUT2D eigenvalue weighted by atomic mass is 16.5. The summed E-state index contributed by atoms with van der Waals surface area (Å²) in [5.41, 5.74) is 1.37. The molecule has 0 aromatic heterocycles. The van der Waals surface area contributed by atoms with Crippen LogP contribution in [0.5, 0.6) is 0 Å². The second kappa shape index (κ2) is 14.6. The van der Waals surface area contributed by atoms with Crippen molar-refractivity contribution < 1.29 is 19.1 Å². The Morgan fingerprint density at radius 2 is 0.905 bits per heavy atom. The summed E-state index contributed by atoms with van der Waals surface area (Å²) in [6.45, 7) is 23.6. The summed E-state index contributed by atoms with van der Waals surface area (Å²) in [7, 11) is 2.88. The molecule has 0 aliphatic carbocycles. The summed E-state index contributed by atoms with van der Waals surface area (Å²) in [5, 5.41) is 7.56. The molecule has 0 unspecified atom stereocenters. The minimum Gasteiger partial charge on any atom is -0.466 e. The minimum absolute atomic E-state index is 0.0226. The SMILES string of the molecule is COC(=O)/C(C)=C/N(CCCCCCN(/C=C(\C)C(=O)OC)C1CC(C)(C)NC(C)(C)C1)C1CC(C)(C)NC(C)(C)C1. The first-order chi connectivity index (χ1) is 19.3. The van der Waals surface area contributed by atoms with E-state index < -0.39 is 0 Å². The number of unbranched alkanes of at least 4 members (excludes halogenated alkanes) is 3. The number of hydrogen-bond donors (Lipinski definition) is 2. The maximum absolute atomic E-state index is 12.2. The van der Waals surface area contributed by atoms with Crippen LogP contribution in [-0.2, 0) is 19.1 Å². The predicted molar refractivity (Wildman–Crippen MR) is 172 cm³/mol. The average Bonchev–Trinajstić information content (AvgIpc) is 2.84. The summed E-state index contributed by atoms with van der Waals surface area (Å²) >= 11 is 0. The van der Waals surface area contributed by atoms with E-state index >= 15 is 0 Å². The van der Waals surface area contributed by atoms with Crippen LogP contribution in [0.2, 0.25) is 0 Å². The van der Waals surface area contributed by atoms with Gasteiger partial charge in [0.15, 0.2) is 0 Å². The number of methoxy groups -OCH3 is 2. The monoisotopic (exact) mass is 590 g/mol. The zero-order valence-electron chi connectivity index (χ0n) is 28.9. The van der Waals surface area contributed by atoms with Gasteiger partial charge in [0.1, 0.15) is 0 Å². The van der Waals surface area contributed by atoms with Crippen LogP contribution in [0.4, 0.5) is 0 Å². The van der Waals surface area contributed by atoms with Gasteiger partial charge in [-0.1, -0.05) is 12.8 Å². The standard InChI is InChI=1S/C34H62N4O4/c1-25(29(39)41-11)23-37(27-19-31(3,4)35-32(5,6)20-27)17-15-13-14-16-18-38(24-26(2)30(40)42-12)28-21-33(7,8)36-34(9,10)22-28/h23-24,27-28,35-36H,13-22H2,1-12H3/b25-23+,26-24+. The molecule has 2 fully saturated rings. The fourth-order valence-electron chi connectivity index (χ4n) is 7.58. The van der Waals surface area contributed by atoms with Crippen LogP contribution in [0.1, 0.15) is 121 Å². The van der Waals surface area contributed by atoms with Crippen LogP contribution in [0, 0.1) is 0 Å². The van der Waals surface area contributed by atoms with Gasteiger partial charge in [-0.25, -0.2) is 9.59 Å². The number of piperidine rings is 2. The molecule has 0 spiro atoms. The van der Waals surface area contributed by atoms with E-state index in [0.29, 0.717) is 23.2 Å². The van der Waals surface area contributed by atoms with Gasteiger partial charge in [0.05, 0.1) is 14.2 Å². The fraction of sp³-hybridized carbons (Fsp3) is 0.824. The predicted octanol–water partition coefficient (Wildman–Crippen LogP) is 5.92. The fourth-order valence-corrected chi connectivity index (χ4v) is 7.58. The van der Waals surface area contributed by atoms with Gasteiger partial charge in [0.25, 0.3) is 0 Å². The number of esters is 2. The number of rotatable bonds is 13. The number of carbonyl (C=O) groups is 2. The van der Waals surface area contributed by atoms with Gasteiger partial charge in [0, 0.05) is 70.9 Å². The van der Waals surface area contributed by atoms with Crippen molar-refractivity contribution >= 4 is 11.9 Å². The van der Waals surface area contributed by atoms with Gasteiger partial charge in [-0.2, -0.15) is 0 Å². The quantitative estimate of drug-likeness (QED) is 0.155. The molecule has 242 valence electrons. The van der Waals surface area contributed by atoms with Gasteiger partial charge in [0.2, 0.25) is 0 Å². The van der Waals surface area contributed by atoms with Crippen molar-refractivity contribution in [1.82, 2.24) is 20.4 Å². The van der Waals surface area contributed by atoms with E-state index in [1.807, 2.05) is 26.2 Å². The van der Waals surface area contributed by atoms with Crippen molar-refractivity contribution in [2.75, 3.05) is 27.3 Å². The largest absolute Gasteiger partial charge is 0.466 e. The molecule has 8 heteroatoms. The smallest absolute Gasteiger partial charge is 0.334 e. The third-order valence-electron chi connectivity index (χ3n) is 8.59. The van der Waals surface area contributed by atoms with E-state index in [2.05, 4.69) is 75.8 Å². The molecular formula is C34H62N4O4. The molecule has 2 saturated heterocycles. The minimum atomic E-state index is -0.271.